The van der Waals surface area contributed by atoms with E-state index in [0.29, 0.717) is 30.9 Å². The summed E-state index contributed by atoms with van der Waals surface area (Å²) in [7, 11) is 0. The Balaban J connectivity index is 1.77. The predicted octanol–water partition coefficient (Wildman–Crippen LogP) is 6.85. The largest absolute Gasteiger partial charge is 0.491 e. The van der Waals surface area contributed by atoms with E-state index in [0.717, 1.165) is 25.2 Å². The molecule has 1 aliphatic carbocycles. The lowest BCUT2D eigenvalue weighted by Gasteiger charge is -2.37. The lowest BCUT2D eigenvalue weighted by Crippen LogP contribution is -2.34. The molecule has 1 heterocycles. The third-order valence-electron chi connectivity index (χ3n) is 6.06. The maximum atomic E-state index is 14.7. The topological polar surface area (TPSA) is 18.5 Å². The van der Waals surface area contributed by atoms with Crippen LogP contribution in [-0.4, -0.2) is 12.7 Å². The van der Waals surface area contributed by atoms with Crippen molar-refractivity contribution in [3.63, 3.8) is 0 Å². The third kappa shape index (κ3) is 4.55. The second-order valence-electron chi connectivity index (χ2n) is 8.00. The smallest absolute Gasteiger partial charge is 0.270 e. The van der Waals surface area contributed by atoms with Crippen LogP contribution in [0.5, 0.6) is 11.5 Å². The van der Waals surface area contributed by atoms with Crippen LogP contribution in [0, 0.1) is 17.7 Å². The fraction of sp³-hybridized carbons (Fsp3) is 0.727. The van der Waals surface area contributed by atoms with Crippen LogP contribution in [0.1, 0.15) is 82.8 Å². The molecule has 0 N–H and O–H groups in total. The Morgan fingerprint density at radius 2 is 1.85 bits per heavy atom. The maximum absolute atomic E-state index is 14.7. The van der Waals surface area contributed by atoms with Crippen LogP contribution >= 0.6 is 0 Å². The van der Waals surface area contributed by atoms with Crippen molar-refractivity contribution < 1.29 is 22.6 Å². The Hall–Kier alpha value is -1.39. The minimum atomic E-state index is -2.91. The Morgan fingerprint density at radius 3 is 2.48 bits per heavy atom. The molecule has 5 heteroatoms. The van der Waals surface area contributed by atoms with E-state index in [1.54, 1.807) is 6.07 Å². The zero-order valence-corrected chi connectivity index (χ0v) is 16.4. The highest BCUT2D eigenvalue weighted by molar-refractivity contribution is 5.50. The maximum Gasteiger partial charge on any atom is 0.270 e. The first-order valence-corrected chi connectivity index (χ1v) is 10.5. The van der Waals surface area contributed by atoms with Gasteiger partial charge in [-0.1, -0.05) is 39.5 Å². The molecule has 0 amide bonds. The van der Waals surface area contributed by atoms with Crippen LogP contribution in [-0.2, 0) is 6.42 Å². The summed E-state index contributed by atoms with van der Waals surface area (Å²) in [5.41, 5.74) is 0.0247. The average molecular weight is 384 g/mol. The summed E-state index contributed by atoms with van der Waals surface area (Å²) in [6.45, 7) is 4.42. The molecule has 152 valence electrons. The van der Waals surface area contributed by atoms with Gasteiger partial charge in [0.15, 0.2) is 11.6 Å². The molecule has 1 unspecified atom stereocenters. The number of hydrogen-bond acceptors (Lipinski definition) is 2. The van der Waals surface area contributed by atoms with E-state index >= 15 is 0 Å². The van der Waals surface area contributed by atoms with Gasteiger partial charge in [-0.15, -0.1) is 0 Å². The molecule has 0 bridgehead atoms. The summed E-state index contributed by atoms with van der Waals surface area (Å²) in [6.07, 6.45) is 6.14. The van der Waals surface area contributed by atoms with Crippen molar-refractivity contribution in [1.82, 2.24) is 0 Å². The summed E-state index contributed by atoms with van der Waals surface area (Å²) in [5, 5.41) is 0. The highest BCUT2D eigenvalue weighted by Crippen LogP contribution is 2.45. The first kappa shape index (κ1) is 20.3. The average Bonchev–Trinajstić information content (AvgIpc) is 2.66. The number of benzene rings is 1. The number of aryl methyl sites for hydroxylation is 1. The van der Waals surface area contributed by atoms with Crippen LogP contribution in [0.15, 0.2) is 6.07 Å². The normalized spacial score (nSPS) is 25.2. The molecule has 1 fully saturated rings. The van der Waals surface area contributed by atoms with Crippen LogP contribution < -0.4 is 9.47 Å². The van der Waals surface area contributed by atoms with Gasteiger partial charge >= 0.3 is 0 Å². The quantitative estimate of drug-likeness (QED) is 0.512. The van der Waals surface area contributed by atoms with Gasteiger partial charge in [0.1, 0.15) is 11.9 Å². The molecule has 2 nitrogen and oxygen atoms in total. The fourth-order valence-electron chi connectivity index (χ4n) is 4.63. The van der Waals surface area contributed by atoms with Gasteiger partial charge in [-0.3, -0.25) is 0 Å². The van der Waals surface area contributed by atoms with Gasteiger partial charge in [-0.05, 0) is 55.6 Å². The number of halogens is 3. The summed E-state index contributed by atoms with van der Waals surface area (Å²) < 4.78 is 53.3. The Kier molecular flexibility index (Phi) is 6.93. The molecule has 1 aliphatic heterocycles. The molecule has 0 saturated heterocycles. The fourth-order valence-corrected chi connectivity index (χ4v) is 4.63. The minimum absolute atomic E-state index is 0.0679. The van der Waals surface area contributed by atoms with Gasteiger partial charge in [-0.25, -0.2) is 13.2 Å². The van der Waals surface area contributed by atoms with Crippen molar-refractivity contribution in [2.45, 2.75) is 84.2 Å². The molecule has 1 aromatic rings. The number of fused-ring (bicyclic) bond motifs is 1. The number of alkyl halides is 2. The van der Waals surface area contributed by atoms with Crippen molar-refractivity contribution in [3.8, 4) is 11.5 Å². The van der Waals surface area contributed by atoms with E-state index in [2.05, 4.69) is 6.92 Å². The third-order valence-corrected chi connectivity index (χ3v) is 6.06. The Bertz CT molecular complexity index is 624. The van der Waals surface area contributed by atoms with Crippen molar-refractivity contribution in [2.24, 2.45) is 11.8 Å². The number of ether oxygens (including phenoxy) is 2. The van der Waals surface area contributed by atoms with Crippen LogP contribution in [0.2, 0.25) is 0 Å². The highest BCUT2D eigenvalue weighted by atomic mass is 19.3. The summed E-state index contributed by atoms with van der Waals surface area (Å²) in [5.74, 6) is 0.195. The molecule has 0 radical (unpaired) electrons. The first-order chi connectivity index (χ1) is 13.0. The molecule has 1 atom stereocenters. The standard InChI is InChI=1S/C22H31F3O2/c1-3-5-14-6-8-15(9-7-14)17-11-10-16-13-18(26-12-4-2)20(23)19(22(24)25)21(16)27-17/h13-15,17,22H,3-12H2,1-2H3. The first-order valence-electron chi connectivity index (χ1n) is 10.5. The molecule has 1 aromatic carbocycles. The molecule has 0 spiro atoms. The molecule has 2 aliphatic rings. The molecule has 1 saturated carbocycles. The van der Waals surface area contributed by atoms with Crippen molar-refractivity contribution in [2.75, 3.05) is 6.61 Å². The number of hydrogen-bond donors (Lipinski definition) is 0. The minimum Gasteiger partial charge on any atom is -0.491 e. The predicted molar refractivity (Wildman–Crippen MR) is 100 cm³/mol. The lowest BCUT2D eigenvalue weighted by molar-refractivity contribution is 0.0664. The van der Waals surface area contributed by atoms with E-state index in [1.165, 1.54) is 25.7 Å². The van der Waals surface area contributed by atoms with Gasteiger partial charge in [0, 0.05) is 0 Å². The zero-order chi connectivity index (χ0) is 19.4. The molecular weight excluding hydrogens is 353 g/mol. The summed E-state index contributed by atoms with van der Waals surface area (Å²) in [6, 6.07) is 1.56. The van der Waals surface area contributed by atoms with E-state index < -0.39 is 17.8 Å². The molecule has 27 heavy (non-hydrogen) atoms. The molecule has 0 aromatic heterocycles. The SMILES string of the molecule is CCCOc1cc2c(c(C(F)F)c1F)OC(C1CCC(CCC)CC1)CC2. The van der Waals surface area contributed by atoms with Gasteiger partial charge in [-0.2, -0.15) is 0 Å². The van der Waals surface area contributed by atoms with E-state index in [9.17, 15) is 13.2 Å². The van der Waals surface area contributed by atoms with E-state index in [-0.39, 0.29) is 17.6 Å². The van der Waals surface area contributed by atoms with Crippen molar-refractivity contribution in [1.29, 1.82) is 0 Å². The van der Waals surface area contributed by atoms with E-state index in [4.69, 9.17) is 9.47 Å². The van der Waals surface area contributed by atoms with Crippen molar-refractivity contribution >= 4 is 0 Å². The molecular formula is C22H31F3O2. The second kappa shape index (κ2) is 9.20. The van der Waals surface area contributed by atoms with Gasteiger partial charge in [0.25, 0.3) is 6.43 Å². The van der Waals surface area contributed by atoms with Crippen LogP contribution in [0.25, 0.3) is 0 Å². The van der Waals surface area contributed by atoms with Gasteiger partial charge in [0.2, 0.25) is 0 Å². The number of rotatable bonds is 7. The lowest BCUT2D eigenvalue weighted by atomic mass is 9.76. The van der Waals surface area contributed by atoms with Gasteiger partial charge in [0.05, 0.1) is 12.2 Å². The summed E-state index contributed by atoms with van der Waals surface area (Å²) in [4.78, 5) is 0. The van der Waals surface area contributed by atoms with Crippen molar-refractivity contribution in [3.05, 3.63) is 23.0 Å². The zero-order valence-electron chi connectivity index (χ0n) is 16.4. The highest BCUT2D eigenvalue weighted by Gasteiger charge is 2.35. The second-order valence-corrected chi connectivity index (χ2v) is 8.00. The summed E-state index contributed by atoms with van der Waals surface area (Å²) >= 11 is 0. The van der Waals surface area contributed by atoms with Gasteiger partial charge < -0.3 is 9.47 Å². The Labute approximate surface area is 160 Å². The monoisotopic (exact) mass is 384 g/mol. The van der Waals surface area contributed by atoms with Crippen LogP contribution in [0.4, 0.5) is 13.2 Å². The molecule has 3 rings (SSSR count). The van der Waals surface area contributed by atoms with E-state index in [1.807, 2.05) is 6.92 Å². The Morgan fingerprint density at radius 1 is 1.11 bits per heavy atom. The van der Waals surface area contributed by atoms with Crippen LogP contribution in [0.3, 0.4) is 0 Å².